The third-order valence-electron chi connectivity index (χ3n) is 5.05. The Kier molecular flexibility index (Phi) is 8.73. The molecule has 1 aliphatic carbocycles. The third kappa shape index (κ3) is 6.58. The van der Waals surface area contributed by atoms with Gasteiger partial charge in [0.2, 0.25) is 0 Å². The van der Waals surface area contributed by atoms with Crippen LogP contribution in [0.4, 0.5) is 4.39 Å². The molecule has 29 heavy (non-hydrogen) atoms. The van der Waals surface area contributed by atoms with Gasteiger partial charge in [0.1, 0.15) is 5.76 Å². The van der Waals surface area contributed by atoms with E-state index in [4.69, 9.17) is 9.26 Å². The molecule has 1 saturated carbocycles. The zero-order valence-electron chi connectivity index (χ0n) is 17.4. The van der Waals surface area contributed by atoms with E-state index in [0.29, 0.717) is 30.8 Å². The first kappa shape index (κ1) is 23.4. The zero-order chi connectivity index (χ0) is 20.1. The molecule has 1 unspecified atom stereocenters. The Balaban J connectivity index is 0.00000300. The van der Waals surface area contributed by atoms with Crippen LogP contribution in [-0.4, -0.2) is 31.3 Å². The molecule has 2 N–H and O–H groups in total. The van der Waals surface area contributed by atoms with Crippen molar-refractivity contribution in [3.05, 3.63) is 46.6 Å². The van der Waals surface area contributed by atoms with E-state index >= 15 is 0 Å². The van der Waals surface area contributed by atoms with E-state index in [1.54, 1.807) is 13.1 Å². The molecule has 0 saturated heterocycles. The minimum Gasteiger partial charge on any atom is -0.490 e. The van der Waals surface area contributed by atoms with Crippen LogP contribution >= 0.6 is 24.0 Å². The van der Waals surface area contributed by atoms with E-state index in [0.717, 1.165) is 29.0 Å². The Labute approximate surface area is 188 Å². The van der Waals surface area contributed by atoms with Gasteiger partial charge in [-0.3, -0.25) is 4.99 Å². The van der Waals surface area contributed by atoms with Crippen LogP contribution in [0.2, 0.25) is 0 Å². The number of nitrogens with one attached hydrogen (secondary N) is 2. The average molecular weight is 516 g/mol. The first-order valence-electron chi connectivity index (χ1n) is 9.79. The monoisotopic (exact) mass is 516 g/mol. The average Bonchev–Trinajstić information content (AvgIpc) is 3.46. The molecule has 8 heteroatoms. The van der Waals surface area contributed by atoms with Gasteiger partial charge in [-0.2, -0.15) is 0 Å². The van der Waals surface area contributed by atoms with E-state index in [1.807, 2.05) is 26.8 Å². The molecule has 0 radical (unpaired) electrons. The minimum absolute atomic E-state index is 0. The molecule has 1 atom stereocenters. The number of benzene rings is 1. The molecular formula is C21H30FIN4O2. The number of ether oxygens (including phenoxy) is 1. The highest BCUT2D eigenvalue weighted by Gasteiger charge is 2.22. The Morgan fingerprint density at radius 1 is 1.38 bits per heavy atom. The number of hydrogen-bond donors (Lipinski definition) is 2. The van der Waals surface area contributed by atoms with Crippen LogP contribution < -0.4 is 15.4 Å². The minimum atomic E-state index is -0.326. The lowest BCUT2D eigenvalue weighted by atomic mass is 10.1. The predicted molar refractivity (Wildman–Crippen MR) is 123 cm³/mol. The fraction of sp³-hybridized carbons (Fsp3) is 0.524. The van der Waals surface area contributed by atoms with Crippen LogP contribution in [0.3, 0.4) is 0 Å². The molecule has 1 aromatic heterocycles. The normalized spacial score (nSPS) is 14.9. The van der Waals surface area contributed by atoms with Crippen molar-refractivity contribution in [1.29, 1.82) is 0 Å². The summed E-state index contributed by atoms with van der Waals surface area (Å²) >= 11 is 0. The number of aryl methyl sites for hydroxylation is 2. The Morgan fingerprint density at radius 2 is 2.14 bits per heavy atom. The summed E-state index contributed by atoms with van der Waals surface area (Å²) < 4.78 is 25.1. The summed E-state index contributed by atoms with van der Waals surface area (Å²) in [5, 5.41) is 10.5. The lowest BCUT2D eigenvalue weighted by molar-refractivity contribution is 0.285. The van der Waals surface area contributed by atoms with Crippen LogP contribution in [0.1, 0.15) is 48.4 Å². The summed E-state index contributed by atoms with van der Waals surface area (Å²) in [5.41, 5.74) is 2.86. The highest BCUT2D eigenvalue weighted by atomic mass is 127. The fourth-order valence-corrected chi connectivity index (χ4v) is 3.04. The van der Waals surface area contributed by atoms with Crippen molar-refractivity contribution in [2.24, 2.45) is 10.9 Å². The molecule has 1 heterocycles. The molecule has 0 bridgehead atoms. The Bertz CT molecular complexity index is 817. The number of hydrogen-bond acceptors (Lipinski definition) is 4. The predicted octanol–water partition coefficient (Wildman–Crippen LogP) is 4.31. The smallest absolute Gasteiger partial charge is 0.191 e. The second kappa shape index (κ2) is 10.8. The number of rotatable bonds is 8. The molecular weight excluding hydrogens is 486 g/mol. The quantitative estimate of drug-likeness (QED) is 0.311. The highest BCUT2D eigenvalue weighted by molar-refractivity contribution is 14.0. The van der Waals surface area contributed by atoms with Crippen molar-refractivity contribution in [2.45, 2.75) is 46.1 Å². The Hall–Kier alpha value is -1.84. The van der Waals surface area contributed by atoms with Crippen molar-refractivity contribution in [3.8, 4) is 5.75 Å². The van der Waals surface area contributed by atoms with Gasteiger partial charge < -0.3 is 19.9 Å². The van der Waals surface area contributed by atoms with E-state index in [1.165, 1.54) is 18.9 Å². The van der Waals surface area contributed by atoms with Gasteiger partial charge in [-0.05, 0) is 63.6 Å². The third-order valence-corrected chi connectivity index (χ3v) is 5.05. The summed E-state index contributed by atoms with van der Waals surface area (Å²) in [6.45, 7) is 7.12. The van der Waals surface area contributed by atoms with Crippen molar-refractivity contribution in [1.82, 2.24) is 15.8 Å². The Morgan fingerprint density at radius 3 is 2.72 bits per heavy atom. The van der Waals surface area contributed by atoms with Crippen molar-refractivity contribution in [2.75, 3.05) is 20.2 Å². The van der Waals surface area contributed by atoms with Gasteiger partial charge in [-0.25, -0.2) is 4.39 Å². The number of nitrogens with zero attached hydrogens (tertiary/aromatic N) is 2. The van der Waals surface area contributed by atoms with Crippen LogP contribution in [0, 0.1) is 25.6 Å². The maximum Gasteiger partial charge on any atom is 0.191 e. The number of aromatic nitrogens is 1. The summed E-state index contributed by atoms with van der Waals surface area (Å²) in [6, 6.07) is 5.02. The first-order chi connectivity index (χ1) is 13.5. The summed E-state index contributed by atoms with van der Waals surface area (Å²) in [4.78, 5) is 4.25. The standard InChI is InChI=1S/C21H29FN4O2.HI/c1-13(17-7-8-20(19(22)11-17)27-12-16-5-6-16)25-21(23-4)24-10-9-18-14(2)26-28-15(18)3;/h7-8,11,13,16H,5-6,9-10,12H2,1-4H3,(H2,23,24,25);1H. The van der Waals surface area contributed by atoms with Crippen LogP contribution in [0.5, 0.6) is 5.75 Å². The summed E-state index contributed by atoms with van der Waals surface area (Å²) in [6.07, 6.45) is 3.16. The lowest BCUT2D eigenvalue weighted by Crippen LogP contribution is -2.39. The zero-order valence-corrected chi connectivity index (χ0v) is 19.7. The summed E-state index contributed by atoms with van der Waals surface area (Å²) in [7, 11) is 1.72. The van der Waals surface area contributed by atoms with Gasteiger partial charge in [0, 0.05) is 19.2 Å². The first-order valence-corrected chi connectivity index (χ1v) is 9.79. The van der Waals surface area contributed by atoms with Gasteiger partial charge in [0.25, 0.3) is 0 Å². The largest absolute Gasteiger partial charge is 0.490 e. The maximum atomic E-state index is 14.3. The van der Waals surface area contributed by atoms with Gasteiger partial charge in [0.05, 0.1) is 18.3 Å². The molecule has 0 aliphatic heterocycles. The molecule has 2 aromatic rings. The van der Waals surface area contributed by atoms with Crippen LogP contribution in [-0.2, 0) is 6.42 Å². The summed E-state index contributed by atoms with van der Waals surface area (Å²) in [5.74, 6) is 2.10. The van der Waals surface area contributed by atoms with Crippen molar-refractivity contribution >= 4 is 29.9 Å². The number of halogens is 2. The molecule has 0 spiro atoms. The van der Waals surface area contributed by atoms with Gasteiger partial charge in [0.15, 0.2) is 17.5 Å². The molecule has 6 nitrogen and oxygen atoms in total. The van der Waals surface area contributed by atoms with E-state index in [2.05, 4.69) is 20.8 Å². The fourth-order valence-electron chi connectivity index (χ4n) is 3.04. The second-order valence-corrected chi connectivity index (χ2v) is 7.36. The van der Waals surface area contributed by atoms with Gasteiger partial charge in [-0.15, -0.1) is 24.0 Å². The molecule has 0 amide bonds. The molecule has 160 valence electrons. The van der Waals surface area contributed by atoms with E-state index < -0.39 is 0 Å². The maximum absolute atomic E-state index is 14.3. The number of aliphatic imine (C=N–C) groups is 1. The van der Waals surface area contributed by atoms with E-state index in [9.17, 15) is 4.39 Å². The van der Waals surface area contributed by atoms with Crippen molar-refractivity contribution < 1.29 is 13.7 Å². The van der Waals surface area contributed by atoms with Crippen LogP contribution in [0.15, 0.2) is 27.7 Å². The van der Waals surface area contributed by atoms with Gasteiger partial charge >= 0.3 is 0 Å². The van der Waals surface area contributed by atoms with Crippen molar-refractivity contribution in [3.63, 3.8) is 0 Å². The highest BCUT2D eigenvalue weighted by Crippen LogP contribution is 2.30. The lowest BCUT2D eigenvalue weighted by Gasteiger charge is -2.19. The number of guanidine groups is 1. The molecule has 1 fully saturated rings. The van der Waals surface area contributed by atoms with Crippen LogP contribution in [0.25, 0.3) is 0 Å². The van der Waals surface area contributed by atoms with Gasteiger partial charge in [-0.1, -0.05) is 11.2 Å². The SMILES string of the molecule is CN=C(NCCc1c(C)noc1C)NC(C)c1ccc(OCC2CC2)c(F)c1.I. The topological polar surface area (TPSA) is 71.7 Å². The molecule has 1 aromatic carbocycles. The molecule has 3 rings (SSSR count). The molecule has 1 aliphatic rings. The second-order valence-electron chi connectivity index (χ2n) is 7.36. The van der Waals surface area contributed by atoms with E-state index in [-0.39, 0.29) is 35.8 Å².